The van der Waals surface area contributed by atoms with Crippen molar-refractivity contribution in [3.8, 4) is 0 Å². The standard InChI is InChI=1S/C9H13FN4/c1-6-8(10)9(13-5-12-6)14(2)7-3-11-4-7/h5,7,11H,3-4H2,1-2H3. The molecule has 2 rings (SSSR count). The van der Waals surface area contributed by atoms with E-state index in [1.54, 1.807) is 6.92 Å². The zero-order valence-electron chi connectivity index (χ0n) is 8.29. The molecule has 4 nitrogen and oxygen atoms in total. The molecule has 0 amide bonds. The number of aryl methyl sites for hydroxylation is 1. The summed E-state index contributed by atoms with van der Waals surface area (Å²) in [6, 6.07) is 0.346. The van der Waals surface area contributed by atoms with Crippen LogP contribution in [0.25, 0.3) is 0 Å². The van der Waals surface area contributed by atoms with Gasteiger partial charge in [0.25, 0.3) is 0 Å². The van der Waals surface area contributed by atoms with Gasteiger partial charge in [0.1, 0.15) is 6.33 Å². The Labute approximate surface area is 82.2 Å². The molecule has 1 saturated heterocycles. The molecule has 2 heterocycles. The number of hydrogen-bond donors (Lipinski definition) is 1. The van der Waals surface area contributed by atoms with Crippen LogP contribution in [0.2, 0.25) is 0 Å². The van der Waals surface area contributed by atoms with E-state index >= 15 is 0 Å². The van der Waals surface area contributed by atoms with Gasteiger partial charge in [-0.05, 0) is 6.92 Å². The Hall–Kier alpha value is -1.23. The topological polar surface area (TPSA) is 41.1 Å². The molecule has 5 heteroatoms. The van der Waals surface area contributed by atoms with Crippen LogP contribution in [0, 0.1) is 12.7 Å². The normalized spacial score (nSPS) is 16.5. The number of rotatable bonds is 2. The summed E-state index contributed by atoms with van der Waals surface area (Å²) >= 11 is 0. The van der Waals surface area contributed by atoms with Gasteiger partial charge in [-0.3, -0.25) is 0 Å². The Morgan fingerprint density at radius 3 is 2.79 bits per heavy atom. The van der Waals surface area contributed by atoms with Crippen molar-refractivity contribution in [1.29, 1.82) is 0 Å². The van der Waals surface area contributed by atoms with Crippen LogP contribution in [0.5, 0.6) is 0 Å². The van der Waals surface area contributed by atoms with Crippen molar-refractivity contribution in [2.75, 3.05) is 25.0 Å². The monoisotopic (exact) mass is 196 g/mol. The highest BCUT2D eigenvalue weighted by Gasteiger charge is 2.25. The number of anilines is 1. The minimum absolute atomic E-state index is 0.318. The number of aromatic nitrogens is 2. The van der Waals surface area contributed by atoms with Crippen molar-refractivity contribution in [3.63, 3.8) is 0 Å². The van der Waals surface area contributed by atoms with E-state index in [4.69, 9.17) is 0 Å². The summed E-state index contributed by atoms with van der Waals surface area (Å²) in [5.41, 5.74) is 0.397. The van der Waals surface area contributed by atoms with Crippen LogP contribution in [0.4, 0.5) is 10.2 Å². The van der Waals surface area contributed by atoms with E-state index < -0.39 is 0 Å². The first-order valence-electron chi connectivity index (χ1n) is 4.61. The first kappa shape index (κ1) is 9.33. The Morgan fingerprint density at radius 2 is 2.21 bits per heavy atom. The maximum atomic E-state index is 13.6. The van der Waals surface area contributed by atoms with Crippen molar-refractivity contribution >= 4 is 5.82 Å². The molecular weight excluding hydrogens is 183 g/mol. The molecule has 76 valence electrons. The van der Waals surface area contributed by atoms with E-state index in [0.29, 0.717) is 17.6 Å². The average Bonchev–Trinajstić information content (AvgIpc) is 2.06. The second-order valence-electron chi connectivity index (χ2n) is 3.52. The lowest BCUT2D eigenvalue weighted by Crippen LogP contribution is -2.56. The highest BCUT2D eigenvalue weighted by Crippen LogP contribution is 2.19. The lowest BCUT2D eigenvalue weighted by Gasteiger charge is -2.36. The van der Waals surface area contributed by atoms with Gasteiger partial charge in [-0.1, -0.05) is 0 Å². The number of hydrogen-bond acceptors (Lipinski definition) is 4. The number of nitrogens with one attached hydrogen (secondary N) is 1. The van der Waals surface area contributed by atoms with Crippen LogP contribution < -0.4 is 10.2 Å². The molecule has 0 saturated carbocycles. The van der Waals surface area contributed by atoms with Gasteiger partial charge in [0.15, 0.2) is 11.6 Å². The molecule has 0 unspecified atom stereocenters. The second kappa shape index (κ2) is 3.49. The predicted molar refractivity (Wildman–Crippen MR) is 51.8 cm³/mol. The second-order valence-corrected chi connectivity index (χ2v) is 3.52. The number of nitrogens with zero attached hydrogens (tertiary/aromatic N) is 3. The summed E-state index contributed by atoms with van der Waals surface area (Å²) in [5, 5.41) is 3.14. The van der Waals surface area contributed by atoms with Gasteiger partial charge in [-0.25, -0.2) is 14.4 Å². The number of likely N-dealkylation sites (N-methyl/N-ethyl adjacent to an activating group) is 1. The molecule has 1 aliphatic heterocycles. The van der Waals surface area contributed by atoms with E-state index in [9.17, 15) is 4.39 Å². The largest absolute Gasteiger partial charge is 0.352 e. The fourth-order valence-corrected chi connectivity index (χ4v) is 1.41. The van der Waals surface area contributed by atoms with Crippen molar-refractivity contribution < 1.29 is 4.39 Å². The third-order valence-electron chi connectivity index (χ3n) is 2.59. The summed E-state index contributed by atoms with van der Waals surface area (Å²) in [5.74, 6) is 0.0749. The predicted octanol–water partition coefficient (Wildman–Crippen LogP) is 0.332. The Bertz CT molecular complexity index is 338. The molecule has 1 fully saturated rings. The van der Waals surface area contributed by atoms with Crippen LogP contribution in [0.1, 0.15) is 5.69 Å². The minimum atomic E-state index is -0.318. The first-order valence-corrected chi connectivity index (χ1v) is 4.61. The van der Waals surface area contributed by atoms with Crippen LogP contribution in [0.3, 0.4) is 0 Å². The van der Waals surface area contributed by atoms with E-state index in [1.165, 1.54) is 6.33 Å². The van der Waals surface area contributed by atoms with Crippen LogP contribution in [0.15, 0.2) is 6.33 Å². The third-order valence-corrected chi connectivity index (χ3v) is 2.59. The SMILES string of the molecule is Cc1ncnc(N(C)C2CNC2)c1F. The molecule has 0 bridgehead atoms. The maximum Gasteiger partial charge on any atom is 0.186 e. The Kier molecular flexibility index (Phi) is 2.33. The van der Waals surface area contributed by atoms with Crippen molar-refractivity contribution in [1.82, 2.24) is 15.3 Å². The molecule has 0 spiro atoms. The molecule has 0 aliphatic carbocycles. The lowest BCUT2D eigenvalue weighted by molar-refractivity contribution is 0.421. The van der Waals surface area contributed by atoms with Gasteiger partial charge in [0.2, 0.25) is 0 Å². The van der Waals surface area contributed by atoms with Crippen molar-refractivity contribution in [3.05, 3.63) is 17.8 Å². The van der Waals surface area contributed by atoms with Gasteiger partial charge in [-0.15, -0.1) is 0 Å². The van der Waals surface area contributed by atoms with E-state index in [1.807, 2.05) is 11.9 Å². The summed E-state index contributed by atoms with van der Waals surface area (Å²) in [7, 11) is 1.86. The Morgan fingerprint density at radius 1 is 1.50 bits per heavy atom. The van der Waals surface area contributed by atoms with Gasteiger partial charge >= 0.3 is 0 Å². The summed E-state index contributed by atoms with van der Waals surface area (Å²) < 4.78 is 13.6. The molecule has 0 aromatic carbocycles. The fraction of sp³-hybridized carbons (Fsp3) is 0.556. The maximum absolute atomic E-state index is 13.6. The van der Waals surface area contributed by atoms with Gasteiger partial charge in [0.05, 0.1) is 11.7 Å². The van der Waals surface area contributed by atoms with Crippen molar-refractivity contribution in [2.45, 2.75) is 13.0 Å². The summed E-state index contributed by atoms with van der Waals surface area (Å²) in [6.45, 7) is 3.42. The minimum Gasteiger partial charge on any atom is -0.352 e. The highest BCUT2D eigenvalue weighted by molar-refractivity contribution is 5.41. The van der Waals surface area contributed by atoms with Crippen LogP contribution in [-0.4, -0.2) is 36.1 Å². The molecule has 14 heavy (non-hydrogen) atoms. The van der Waals surface area contributed by atoms with E-state index in [0.717, 1.165) is 13.1 Å². The smallest absolute Gasteiger partial charge is 0.186 e. The zero-order valence-corrected chi connectivity index (χ0v) is 8.29. The first-order chi connectivity index (χ1) is 6.70. The van der Waals surface area contributed by atoms with Crippen molar-refractivity contribution in [2.24, 2.45) is 0 Å². The fourth-order valence-electron chi connectivity index (χ4n) is 1.41. The average molecular weight is 196 g/mol. The lowest BCUT2D eigenvalue weighted by atomic mass is 10.1. The molecule has 1 aromatic rings. The van der Waals surface area contributed by atoms with Crippen LogP contribution >= 0.6 is 0 Å². The van der Waals surface area contributed by atoms with E-state index in [2.05, 4.69) is 15.3 Å². The van der Waals surface area contributed by atoms with Crippen LogP contribution in [-0.2, 0) is 0 Å². The molecule has 1 N–H and O–H groups in total. The molecule has 0 atom stereocenters. The summed E-state index contributed by atoms with van der Waals surface area (Å²) in [6.07, 6.45) is 1.40. The molecule has 1 aliphatic rings. The molecule has 1 aromatic heterocycles. The molecule has 0 radical (unpaired) electrons. The summed E-state index contributed by atoms with van der Waals surface area (Å²) in [4.78, 5) is 9.61. The van der Waals surface area contributed by atoms with E-state index in [-0.39, 0.29) is 5.82 Å². The number of halogens is 1. The van der Waals surface area contributed by atoms with Gasteiger partial charge in [-0.2, -0.15) is 0 Å². The zero-order chi connectivity index (χ0) is 10.1. The van der Waals surface area contributed by atoms with Gasteiger partial charge in [0, 0.05) is 20.1 Å². The quantitative estimate of drug-likeness (QED) is 0.740. The van der Waals surface area contributed by atoms with Gasteiger partial charge < -0.3 is 10.2 Å². The third kappa shape index (κ3) is 1.43. The Balaban J connectivity index is 2.26. The molecular formula is C9H13FN4. The highest BCUT2D eigenvalue weighted by atomic mass is 19.1.